The van der Waals surface area contributed by atoms with Gasteiger partial charge in [0.05, 0.1) is 46.6 Å². The lowest BCUT2D eigenvalue weighted by Gasteiger charge is -2.10. The Morgan fingerprint density at radius 2 is 1.03 bits per heavy atom. The van der Waals surface area contributed by atoms with Gasteiger partial charge in [-0.15, -0.1) is 0 Å². The normalized spacial score (nSPS) is 11.2. The molecule has 12 nitrogen and oxygen atoms in total. The average molecular weight is 809 g/mol. The predicted molar refractivity (Wildman–Crippen MR) is 233 cm³/mol. The van der Waals surface area contributed by atoms with Crippen LogP contribution in [0.15, 0.2) is 155 Å². The standard InChI is InChI=1S/C26H22N4O3.C22H15FN4O/c1-2-33-22(31)16-18-12-10-17(11-13-18)15-21-23-24(29-28-21)20-9-6-14-27-25(20)30(26(23)32)19-7-4-3-5-8-19;23-15-10-8-14(9-11-15)13-18-19-20(26-25-18)17-7-4-12-24-21(17)27(22(19)28)16-5-2-1-3-6-16/h3-14H,2,15-16H2,1H3,(H,28,29);1-12H,13H2,(H,25,26). The summed E-state index contributed by atoms with van der Waals surface area (Å²) in [6.07, 6.45) is 4.54. The number of carbonyl (C=O) groups is 1. The molecule has 0 aliphatic carbocycles. The van der Waals surface area contributed by atoms with Crippen molar-refractivity contribution in [3.8, 4) is 11.4 Å². The minimum Gasteiger partial charge on any atom is -0.466 e. The van der Waals surface area contributed by atoms with E-state index in [1.807, 2.05) is 109 Å². The van der Waals surface area contributed by atoms with Crippen molar-refractivity contribution in [1.82, 2.24) is 39.5 Å². The van der Waals surface area contributed by atoms with E-state index in [-0.39, 0.29) is 29.3 Å². The third-order valence-corrected chi connectivity index (χ3v) is 10.4. The van der Waals surface area contributed by atoms with Crippen molar-refractivity contribution in [2.24, 2.45) is 0 Å². The molecule has 13 heteroatoms. The van der Waals surface area contributed by atoms with Crippen LogP contribution in [-0.2, 0) is 28.8 Å². The highest BCUT2D eigenvalue weighted by atomic mass is 19.1. The maximum Gasteiger partial charge on any atom is 0.310 e. The first-order valence-corrected chi connectivity index (χ1v) is 19.7. The number of aromatic amines is 2. The van der Waals surface area contributed by atoms with Crippen LogP contribution < -0.4 is 11.1 Å². The Labute approximate surface area is 346 Å². The maximum absolute atomic E-state index is 13.7. The molecule has 0 unspecified atom stereocenters. The van der Waals surface area contributed by atoms with E-state index in [0.717, 1.165) is 44.5 Å². The summed E-state index contributed by atoms with van der Waals surface area (Å²) in [5.41, 5.74) is 7.71. The molecular formula is C48H37FN8O4. The van der Waals surface area contributed by atoms with E-state index in [1.54, 1.807) is 40.6 Å². The molecule has 61 heavy (non-hydrogen) atoms. The number of halogens is 1. The monoisotopic (exact) mass is 808 g/mol. The molecular weight excluding hydrogens is 772 g/mol. The van der Waals surface area contributed by atoms with Crippen LogP contribution in [0.25, 0.3) is 55.2 Å². The lowest BCUT2D eigenvalue weighted by molar-refractivity contribution is -0.142. The summed E-state index contributed by atoms with van der Waals surface area (Å²) >= 11 is 0. The molecule has 0 spiro atoms. The van der Waals surface area contributed by atoms with Crippen molar-refractivity contribution in [1.29, 1.82) is 0 Å². The van der Waals surface area contributed by atoms with Crippen LogP contribution in [-0.4, -0.2) is 52.1 Å². The SMILES string of the molecule is CCOC(=O)Cc1ccc(Cc2[nH]nc3c2c(=O)n(-c2ccccc2)c2ncccc32)cc1.O=c1c2c(Cc3ccc(F)cc3)[nH]nc2c2cccnc2n1-c1ccccc1. The molecule has 0 atom stereocenters. The van der Waals surface area contributed by atoms with Gasteiger partial charge in [0.1, 0.15) is 28.1 Å². The number of esters is 1. The van der Waals surface area contributed by atoms with Crippen molar-refractivity contribution in [2.75, 3.05) is 6.61 Å². The molecule has 300 valence electrons. The molecule has 0 saturated heterocycles. The number of benzene rings is 4. The summed E-state index contributed by atoms with van der Waals surface area (Å²) in [6.45, 7) is 2.16. The maximum atomic E-state index is 13.7. The topological polar surface area (TPSA) is 153 Å². The number of rotatable bonds is 9. The summed E-state index contributed by atoms with van der Waals surface area (Å²) in [6, 6.07) is 40.4. The highest BCUT2D eigenvalue weighted by molar-refractivity contribution is 6.04. The van der Waals surface area contributed by atoms with Crippen molar-refractivity contribution < 1.29 is 13.9 Å². The van der Waals surface area contributed by atoms with Gasteiger partial charge in [0.15, 0.2) is 0 Å². The highest BCUT2D eigenvalue weighted by Crippen LogP contribution is 2.27. The molecule has 0 amide bonds. The number of ether oxygens (including phenoxy) is 1. The van der Waals surface area contributed by atoms with E-state index < -0.39 is 0 Å². The van der Waals surface area contributed by atoms with Crippen molar-refractivity contribution >= 4 is 49.8 Å². The van der Waals surface area contributed by atoms with Gasteiger partial charge in [0.25, 0.3) is 11.1 Å². The molecule has 10 rings (SSSR count). The zero-order chi connectivity index (χ0) is 41.9. The first-order valence-electron chi connectivity index (χ1n) is 19.7. The number of hydrogen-bond donors (Lipinski definition) is 2. The third-order valence-electron chi connectivity index (χ3n) is 10.4. The highest BCUT2D eigenvalue weighted by Gasteiger charge is 2.20. The van der Waals surface area contributed by atoms with Crippen LogP contribution >= 0.6 is 0 Å². The zero-order valence-electron chi connectivity index (χ0n) is 32.9. The molecule has 10 aromatic rings. The summed E-state index contributed by atoms with van der Waals surface area (Å²) in [4.78, 5) is 47.8. The van der Waals surface area contributed by atoms with Crippen LogP contribution in [0.4, 0.5) is 4.39 Å². The average Bonchev–Trinajstić information content (AvgIpc) is 3.92. The van der Waals surface area contributed by atoms with E-state index in [0.29, 0.717) is 58.2 Å². The second-order valence-electron chi connectivity index (χ2n) is 14.3. The molecule has 0 bridgehead atoms. The fourth-order valence-corrected chi connectivity index (χ4v) is 7.60. The fraction of sp³-hybridized carbons (Fsp3) is 0.104. The van der Waals surface area contributed by atoms with Gasteiger partial charge in [-0.3, -0.25) is 33.7 Å². The van der Waals surface area contributed by atoms with E-state index in [4.69, 9.17) is 4.74 Å². The number of nitrogens with zero attached hydrogens (tertiary/aromatic N) is 6. The van der Waals surface area contributed by atoms with E-state index >= 15 is 0 Å². The molecule has 0 saturated carbocycles. The fourth-order valence-electron chi connectivity index (χ4n) is 7.60. The number of hydrogen-bond acceptors (Lipinski definition) is 8. The van der Waals surface area contributed by atoms with Crippen LogP contribution in [0.3, 0.4) is 0 Å². The molecule has 2 N–H and O–H groups in total. The summed E-state index contributed by atoms with van der Waals surface area (Å²) < 4.78 is 21.5. The van der Waals surface area contributed by atoms with Gasteiger partial charge in [0, 0.05) is 36.0 Å². The smallest absolute Gasteiger partial charge is 0.310 e. The van der Waals surface area contributed by atoms with Gasteiger partial charge in [0.2, 0.25) is 0 Å². The van der Waals surface area contributed by atoms with E-state index in [9.17, 15) is 18.8 Å². The molecule has 4 aromatic carbocycles. The summed E-state index contributed by atoms with van der Waals surface area (Å²) in [5.74, 6) is -0.534. The number of aromatic nitrogens is 8. The van der Waals surface area contributed by atoms with Crippen LogP contribution in [0.2, 0.25) is 0 Å². The predicted octanol–water partition coefficient (Wildman–Crippen LogP) is 7.95. The van der Waals surface area contributed by atoms with Gasteiger partial charge in [-0.25, -0.2) is 14.4 Å². The second-order valence-corrected chi connectivity index (χ2v) is 14.3. The van der Waals surface area contributed by atoms with Crippen molar-refractivity contribution in [3.05, 3.63) is 200 Å². The first kappa shape index (κ1) is 38.5. The van der Waals surface area contributed by atoms with Gasteiger partial charge in [-0.2, -0.15) is 10.2 Å². The Hall–Kier alpha value is -8.06. The van der Waals surface area contributed by atoms with Crippen molar-refractivity contribution in [3.63, 3.8) is 0 Å². The van der Waals surface area contributed by atoms with Crippen molar-refractivity contribution in [2.45, 2.75) is 26.2 Å². The Bertz CT molecular complexity index is 3310. The first-order chi connectivity index (χ1) is 29.9. The number of fused-ring (bicyclic) bond motifs is 6. The summed E-state index contributed by atoms with van der Waals surface area (Å²) in [5, 5.41) is 17.6. The molecule has 0 aliphatic rings. The minimum atomic E-state index is -0.290. The van der Waals surface area contributed by atoms with Gasteiger partial charge >= 0.3 is 5.97 Å². The number of H-pyrrole nitrogens is 2. The van der Waals surface area contributed by atoms with Crippen LogP contribution in [0.1, 0.15) is 35.0 Å². The number of pyridine rings is 4. The third kappa shape index (κ3) is 7.56. The minimum absolute atomic E-state index is 0.162. The quantitative estimate of drug-likeness (QED) is 0.139. The van der Waals surface area contributed by atoms with Gasteiger partial charge < -0.3 is 4.74 Å². The Balaban J connectivity index is 0.000000158. The van der Waals surface area contributed by atoms with Crippen LogP contribution in [0, 0.1) is 5.82 Å². The number of nitrogens with one attached hydrogen (secondary N) is 2. The number of para-hydroxylation sites is 2. The lowest BCUT2D eigenvalue weighted by Crippen LogP contribution is -2.20. The van der Waals surface area contributed by atoms with Crippen LogP contribution in [0.5, 0.6) is 0 Å². The Morgan fingerprint density at radius 3 is 1.49 bits per heavy atom. The Kier molecular flexibility index (Phi) is 10.5. The molecule has 0 radical (unpaired) electrons. The second kappa shape index (κ2) is 16.7. The zero-order valence-corrected chi connectivity index (χ0v) is 32.9. The largest absolute Gasteiger partial charge is 0.466 e. The van der Waals surface area contributed by atoms with Gasteiger partial charge in [-0.1, -0.05) is 72.8 Å². The molecule has 0 aliphatic heterocycles. The van der Waals surface area contributed by atoms with E-state index in [2.05, 4.69) is 30.4 Å². The molecule has 6 heterocycles. The number of carbonyl (C=O) groups excluding carboxylic acids is 1. The lowest BCUT2D eigenvalue weighted by atomic mass is 10.0. The Morgan fingerprint density at radius 1 is 0.590 bits per heavy atom. The molecule has 0 fully saturated rings. The summed E-state index contributed by atoms with van der Waals surface area (Å²) in [7, 11) is 0. The molecule has 6 aromatic heterocycles. The van der Waals surface area contributed by atoms with Gasteiger partial charge in [-0.05, 0) is 84.3 Å². The van der Waals surface area contributed by atoms with E-state index in [1.165, 1.54) is 12.1 Å².